The molecule has 9 nitrogen and oxygen atoms in total. The summed E-state index contributed by atoms with van der Waals surface area (Å²) in [4.78, 5) is 30.5. The number of ether oxygens (including phenoxy) is 3. The van der Waals surface area contributed by atoms with Gasteiger partial charge in [0.25, 0.3) is 0 Å². The minimum atomic E-state index is -0.828. The number of benzene rings is 2. The lowest BCUT2D eigenvalue weighted by molar-refractivity contribution is -0.143. The highest BCUT2D eigenvalue weighted by Crippen LogP contribution is 2.42. The molecule has 3 atom stereocenters. The number of fused-ring (bicyclic) bond motifs is 2. The highest BCUT2D eigenvalue weighted by Gasteiger charge is 2.47. The summed E-state index contributed by atoms with van der Waals surface area (Å²) in [5.41, 5.74) is 8.87. The van der Waals surface area contributed by atoms with Gasteiger partial charge in [0.2, 0.25) is 12.7 Å². The molecule has 1 saturated heterocycles. The van der Waals surface area contributed by atoms with Gasteiger partial charge >= 0.3 is 5.97 Å². The van der Waals surface area contributed by atoms with Gasteiger partial charge < -0.3 is 30.0 Å². The fourth-order valence-electron chi connectivity index (χ4n) is 6.38. The summed E-state index contributed by atoms with van der Waals surface area (Å²) in [6, 6.07) is 11.6. The maximum atomic E-state index is 13.6. The largest absolute Gasteiger partial charge is 0.493 e. The van der Waals surface area contributed by atoms with Crippen LogP contribution >= 0.6 is 0 Å². The predicted octanol–water partition coefficient (Wildman–Crippen LogP) is 3.43. The first-order chi connectivity index (χ1) is 19.5. The molecule has 0 aliphatic carbocycles. The third-order valence-electron chi connectivity index (χ3n) is 8.47. The van der Waals surface area contributed by atoms with Gasteiger partial charge in [-0.2, -0.15) is 0 Å². The first kappa shape index (κ1) is 28.2. The van der Waals surface area contributed by atoms with E-state index in [9.17, 15) is 14.7 Å². The minimum absolute atomic E-state index is 0.0383. The van der Waals surface area contributed by atoms with Crippen LogP contribution in [0.1, 0.15) is 55.2 Å². The van der Waals surface area contributed by atoms with Crippen molar-refractivity contribution < 1.29 is 28.9 Å². The van der Waals surface area contributed by atoms with Crippen LogP contribution in [-0.4, -0.2) is 78.9 Å². The van der Waals surface area contributed by atoms with E-state index in [1.54, 1.807) is 0 Å². The van der Waals surface area contributed by atoms with Crippen molar-refractivity contribution in [1.29, 1.82) is 0 Å². The monoisotopic (exact) mass is 551 g/mol. The van der Waals surface area contributed by atoms with Crippen LogP contribution in [0.15, 0.2) is 36.4 Å². The predicted molar refractivity (Wildman–Crippen MR) is 151 cm³/mol. The smallest absolute Gasteiger partial charge is 0.308 e. The Labute approximate surface area is 236 Å². The van der Waals surface area contributed by atoms with Gasteiger partial charge in [-0.3, -0.25) is 14.5 Å². The molecular formula is C31H41N3O6. The van der Waals surface area contributed by atoms with Gasteiger partial charge in [0.15, 0.2) is 11.5 Å². The summed E-state index contributed by atoms with van der Waals surface area (Å²) in [6.07, 6.45) is 4.72. The van der Waals surface area contributed by atoms with Crippen LogP contribution in [0.5, 0.6) is 17.2 Å². The van der Waals surface area contributed by atoms with Crippen LogP contribution in [0.25, 0.3) is 0 Å². The van der Waals surface area contributed by atoms with E-state index in [0.29, 0.717) is 45.6 Å². The number of para-hydroxylation sites is 1. The van der Waals surface area contributed by atoms with Crippen LogP contribution in [0, 0.1) is 5.92 Å². The third kappa shape index (κ3) is 6.05. The van der Waals surface area contributed by atoms with Crippen molar-refractivity contribution in [2.45, 2.75) is 57.4 Å². The van der Waals surface area contributed by atoms with Gasteiger partial charge in [0.1, 0.15) is 5.75 Å². The summed E-state index contributed by atoms with van der Waals surface area (Å²) < 4.78 is 17.0. The fraction of sp³-hybridized carbons (Fsp3) is 0.548. The van der Waals surface area contributed by atoms with E-state index in [4.69, 9.17) is 19.9 Å². The van der Waals surface area contributed by atoms with Crippen molar-refractivity contribution in [3.8, 4) is 17.2 Å². The van der Waals surface area contributed by atoms with E-state index in [0.717, 1.165) is 59.6 Å². The zero-order chi connectivity index (χ0) is 28.1. The van der Waals surface area contributed by atoms with Gasteiger partial charge in [0.05, 0.1) is 19.1 Å². The number of amides is 1. The number of hydrogen-bond donors (Lipinski definition) is 2. The molecule has 1 fully saturated rings. The molecule has 0 aromatic heterocycles. The molecule has 0 spiro atoms. The highest BCUT2D eigenvalue weighted by molar-refractivity contribution is 5.79. The summed E-state index contributed by atoms with van der Waals surface area (Å²) in [7, 11) is 0. The number of nitrogens with zero attached hydrogens (tertiary/aromatic N) is 2. The summed E-state index contributed by atoms with van der Waals surface area (Å²) >= 11 is 0. The average Bonchev–Trinajstić information content (AvgIpc) is 3.70. The number of aryl methyl sites for hydroxylation is 1. The van der Waals surface area contributed by atoms with Crippen LogP contribution in [0.4, 0.5) is 0 Å². The van der Waals surface area contributed by atoms with Gasteiger partial charge in [0, 0.05) is 38.0 Å². The molecule has 9 heteroatoms. The number of carboxylic acid groups (broad SMARTS) is 1. The Morgan fingerprint density at radius 3 is 2.75 bits per heavy atom. The molecule has 2 aromatic carbocycles. The number of carboxylic acids is 1. The number of rotatable bonds is 13. The Morgan fingerprint density at radius 1 is 1.10 bits per heavy atom. The molecule has 0 unspecified atom stereocenters. The second kappa shape index (κ2) is 12.9. The van der Waals surface area contributed by atoms with Gasteiger partial charge in [-0.25, -0.2) is 0 Å². The standard InChI is InChI=1S/C31H41N3O6/c1-2-3-14-33(15-5-13-32)28(35)19-34-18-24(22-9-11-26-23(17-22)12-16-38-26)29(31(36)37)25(34)10-8-21-6-4-7-27-30(21)40-20-39-27/h4,6-7,9,11,17,24-25,29H,2-3,5,8,10,12-16,18-20,32H2,1H3,(H,36,37)/t24-,25+,29-/m1/s1. The lowest BCUT2D eigenvalue weighted by atomic mass is 9.83. The first-order valence-corrected chi connectivity index (χ1v) is 14.6. The Morgan fingerprint density at radius 2 is 1.95 bits per heavy atom. The molecule has 2 aromatic rings. The number of unbranched alkanes of at least 4 members (excludes halogenated alkanes) is 1. The molecule has 1 amide bonds. The normalized spacial score (nSPS) is 21.3. The minimum Gasteiger partial charge on any atom is -0.493 e. The summed E-state index contributed by atoms with van der Waals surface area (Å²) in [5.74, 6) is 0.671. The summed E-state index contributed by atoms with van der Waals surface area (Å²) in [5, 5.41) is 10.5. The molecule has 40 heavy (non-hydrogen) atoms. The molecule has 5 rings (SSSR count). The van der Waals surface area contributed by atoms with E-state index >= 15 is 0 Å². The second-order valence-electron chi connectivity index (χ2n) is 11.0. The first-order valence-electron chi connectivity index (χ1n) is 14.6. The maximum Gasteiger partial charge on any atom is 0.308 e. The third-order valence-corrected chi connectivity index (χ3v) is 8.47. The number of nitrogens with two attached hydrogens (primary N) is 1. The highest BCUT2D eigenvalue weighted by atomic mass is 16.7. The SMILES string of the molecule is CCCCN(CCCN)C(=O)CN1C[C@H](c2ccc3c(c2)CCO3)[C@@H](C(=O)O)[C@@H]1CCc1cccc2c1OCO2. The van der Waals surface area contributed by atoms with Gasteiger partial charge in [-0.1, -0.05) is 37.6 Å². The molecule has 0 radical (unpaired) electrons. The number of likely N-dealkylation sites (tertiary alicyclic amines) is 1. The van der Waals surface area contributed by atoms with E-state index in [-0.39, 0.29) is 31.2 Å². The van der Waals surface area contributed by atoms with Crippen LogP contribution in [-0.2, 0) is 22.4 Å². The lowest BCUT2D eigenvalue weighted by Crippen LogP contribution is -2.45. The Hall–Kier alpha value is -3.30. The van der Waals surface area contributed by atoms with E-state index < -0.39 is 11.9 Å². The van der Waals surface area contributed by atoms with Crippen LogP contribution < -0.4 is 19.9 Å². The summed E-state index contributed by atoms with van der Waals surface area (Å²) in [6.45, 7) is 5.50. The van der Waals surface area contributed by atoms with Crippen LogP contribution in [0.3, 0.4) is 0 Å². The zero-order valence-corrected chi connectivity index (χ0v) is 23.3. The molecule has 216 valence electrons. The van der Waals surface area contributed by atoms with Gasteiger partial charge in [-0.05, 0) is 61.1 Å². The number of hydrogen-bond acceptors (Lipinski definition) is 7. The number of carbonyl (C=O) groups excluding carboxylic acids is 1. The molecule has 3 aliphatic heterocycles. The maximum absolute atomic E-state index is 13.6. The van der Waals surface area contributed by atoms with E-state index in [2.05, 4.69) is 17.9 Å². The molecule has 0 bridgehead atoms. The van der Waals surface area contributed by atoms with E-state index in [1.165, 1.54) is 0 Å². The average molecular weight is 552 g/mol. The zero-order valence-electron chi connectivity index (χ0n) is 23.3. The quantitative estimate of drug-likeness (QED) is 0.389. The number of aliphatic carboxylic acids is 1. The van der Waals surface area contributed by atoms with Crippen molar-refractivity contribution in [2.24, 2.45) is 11.7 Å². The molecule has 3 aliphatic rings. The molecule has 0 saturated carbocycles. The molecular weight excluding hydrogens is 510 g/mol. The second-order valence-corrected chi connectivity index (χ2v) is 11.0. The Bertz CT molecular complexity index is 1200. The Kier molecular flexibility index (Phi) is 9.11. The topological polar surface area (TPSA) is 115 Å². The number of carbonyl (C=O) groups is 2. The van der Waals surface area contributed by atoms with Crippen molar-refractivity contribution >= 4 is 11.9 Å². The Balaban J connectivity index is 1.41. The van der Waals surface area contributed by atoms with E-state index in [1.807, 2.05) is 35.2 Å². The van der Waals surface area contributed by atoms with Crippen LogP contribution in [0.2, 0.25) is 0 Å². The van der Waals surface area contributed by atoms with Crippen molar-refractivity contribution in [2.75, 3.05) is 46.1 Å². The van der Waals surface area contributed by atoms with Crippen molar-refractivity contribution in [3.63, 3.8) is 0 Å². The van der Waals surface area contributed by atoms with Crippen molar-refractivity contribution in [1.82, 2.24) is 9.80 Å². The van der Waals surface area contributed by atoms with Crippen molar-refractivity contribution in [3.05, 3.63) is 53.1 Å². The lowest BCUT2D eigenvalue weighted by Gasteiger charge is -2.30. The molecule has 3 N–H and O–H groups in total. The van der Waals surface area contributed by atoms with Gasteiger partial charge in [-0.15, -0.1) is 0 Å². The molecule has 3 heterocycles. The fourth-order valence-corrected chi connectivity index (χ4v) is 6.38.